The number of aryl methyl sites for hydroxylation is 2. The number of amides is 1. The van der Waals surface area contributed by atoms with E-state index in [2.05, 4.69) is 10.3 Å². The van der Waals surface area contributed by atoms with Crippen LogP contribution in [-0.4, -0.2) is 10.9 Å². The number of thiazole rings is 1. The molecule has 1 N–H and O–H groups in total. The number of nitrogens with one attached hydrogen (secondary N) is 1. The van der Waals surface area contributed by atoms with E-state index in [1.165, 1.54) is 11.3 Å². The first-order valence-electron chi connectivity index (χ1n) is 5.53. The van der Waals surface area contributed by atoms with Crippen LogP contribution in [0.25, 0.3) is 0 Å². The van der Waals surface area contributed by atoms with Crippen molar-refractivity contribution < 1.29 is 4.79 Å². The van der Waals surface area contributed by atoms with Gasteiger partial charge in [0.15, 0.2) is 5.13 Å². The van der Waals surface area contributed by atoms with Gasteiger partial charge in [-0.15, -0.1) is 11.3 Å². The van der Waals surface area contributed by atoms with Crippen molar-refractivity contribution in [1.82, 2.24) is 4.98 Å². The first-order valence-corrected chi connectivity index (χ1v) is 6.72. The van der Waals surface area contributed by atoms with Gasteiger partial charge in [0, 0.05) is 9.90 Å². The van der Waals surface area contributed by atoms with Crippen molar-refractivity contribution in [3.63, 3.8) is 0 Å². The highest BCUT2D eigenvalue weighted by Crippen LogP contribution is 2.21. The number of aromatic nitrogens is 1. The van der Waals surface area contributed by atoms with Crippen molar-refractivity contribution in [2.75, 3.05) is 5.32 Å². The van der Waals surface area contributed by atoms with E-state index in [0.717, 1.165) is 16.1 Å². The second-order valence-corrected chi connectivity index (χ2v) is 5.65. The van der Waals surface area contributed by atoms with Crippen molar-refractivity contribution in [3.8, 4) is 0 Å². The molecule has 0 radical (unpaired) electrons. The number of hydrogen-bond acceptors (Lipinski definition) is 3. The summed E-state index contributed by atoms with van der Waals surface area (Å²) in [6, 6.07) is 7.25. The zero-order valence-electron chi connectivity index (χ0n) is 10.2. The van der Waals surface area contributed by atoms with Gasteiger partial charge in [0.05, 0.1) is 12.1 Å². The third-order valence-corrected chi connectivity index (χ3v) is 3.79. The van der Waals surface area contributed by atoms with Gasteiger partial charge in [0.1, 0.15) is 0 Å². The number of halogens is 1. The summed E-state index contributed by atoms with van der Waals surface area (Å²) in [4.78, 5) is 17.2. The van der Waals surface area contributed by atoms with Crippen LogP contribution in [0.2, 0.25) is 5.02 Å². The summed E-state index contributed by atoms with van der Waals surface area (Å²) in [6.07, 6.45) is 0.328. The zero-order valence-corrected chi connectivity index (χ0v) is 11.7. The third kappa shape index (κ3) is 3.31. The lowest BCUT2D eigenvalue weighted by Gasteiger charge is -2.02. The van der Waals surface area contributed by atoms with Gasteiger partial charge in [0.25, 0.3) is 0 Å². The molecule has 0 aliphatic rings. The van der Waals surface area contributed by atoms with Gasteiger partial charge in [-0.1, -0.05) is 23.7 Å². The van der Waals surface area contributed by atoms with E-state index in [0.29, 0.717) is 16.6 Å². The Morgan fingerprint density at radius 3 is 2.56 bits per heavy atom. The molecule has 18 heavy (non-hydrogen) atoms. The molecule has 0 bridgehead atoms. The minimum Gasteiger partial charge on any atom is -0.302 e. The Bertz CT molecular complexity index is 543. The molecule has 2 rings (SSSR count). The van der Waals surface area contributed by atoms with Crippen LogP contribution < -0.4 is 5.32 Å². The summed E-state index contributed by atoms with van der Waals surface area (Å²) in [5.74, 6) is -0.0638. The van der Waals surface area contributed by atoms with Crippen LogP contribution in [-0.2, 0) is 11.2 Å². The normalized spacial score (nSPS) is 10.4. The molecule has 1 amide bonds. The fourth-order valence-corrected chi connectivity index (χ4v) is 2.43. The first-order chi connectivity index (χ1) is 8.54. The van der Waals surface area contributed by atoms with E-state index in [1.807, 2.05) is 26.0 Å². The van der Waals surface area contributed by atoms with Crippen LogP contribution >= 0.6 is 22.9 Å². The van der Waals surface area contributed by atoms with Gasteiger partial charge in [0.2, 0.25) is 5.91 Å². The number of carbonyl (C=O) groups excluding carboxylic acids is 1. The highest BCUT2D eigenvalue weighted by atomic mass is 35.5. The Kier molecular flexibility index (Phi) is 3.99. The molecule has 1 heterocycles. The van der Waals surface area contributed by atoms with Crippen molar-refractivity contribution >= 4 is 34.0 Å². The molecular formula is C13H13ClN2OS. The number of hydrogen-bond donors (Lipinski definition) is 1. The van der Waals surface area contributed by atoms with E-state index < -0.39 is 0 Å². The van der Waals surface area contributed by atoms with Gasteiger partial charge >= 0.3 is 0 Å². The van der Waals surface area contributed by atoms with Crippen molar-refractivity contribution in [1.29, 1.82) is 0 Å². The predicted octanol–water partition coefficient (Wildman–Crippen LogP) is 3.59. The third-order valence-electron chi connectivity index (χ3n) is 2.55. The van der Waals surface area contributed by atoms with E-state index in [9.17, 15) is 4.79 Å². The van der Waals surface area contributed by atoms with Crippen LogP contribution in [0.4, 0.5) is 5.13 Å². The monoisotopic (exact) mass is 280 g/mol. The smallest absolute Gasteiger partial charge is 0.230 e. The number of rotatable bonds is 3. The first kappa shape index (κ1) is 13.1. The van der Waals surface area contributed by atoms with Crippen molar-refractivity contribution in [2.24, 2.45) is 0 Å². The van der Waals surface area contributed by atoms with Crippen LogP contribution in [0.15, 0.2) is 24.3 Å². The van der Waals surface area contributed by atoms with Crippen molar-refractivity contribution in [2.45, 2.75) is 20.3 Å². The Hall–Kier alpha value is -1.39. The van der Waals surface area contributed by atoms with Crippen LogP contribution in [0.3, 0.4) is 0 Å². The molecule has 0 aliphatic heterocycles. The molecule has 0 fully saturated rings. The summed E-state index contributed by atoms with van der Waals surface area (Å²) < 4.78 is 0. The standard InChI is InChI=1S/C13H13ClN2OS/c1-8-9(2)18-13(15-8)16-12(17)7-10-3-5-11(14)6-4-10/h3-6H,7H2,1-2H3,(H,15,16,17). The lowest BCUT2D eigenvalue weighted by atomic mass is 10.1. The van der Waals surface area contributed by atoms with Gasteiger partial charge in [-0.2, -0.15) is 0 Å². The Morgan fingerprint density at radius 2 is 2.00 bits per heavy atom. The lowest BCUT2D eigenvalue weighted by Crippen LogP contribution is -2.14. The molecule has 0 atom stereocenters. The molecule has 3 nitrogen and oxygen atoms in total. The fourth-order valence-electron chi connectivity index (χ4n) is 1.48. The number of benzene rings is 1. The average molecular weight is 281 g/mol. The van der Waals surface area contributed by atoms with E-state index in [-0.39, 0.29) is 5.91 Å². The summed E-state index contributed by atoms with van der Waals surface area (Å²) in [5.41, 5.74) is 1.89. The van der Waals surface area contributed by atoms with Crippen LogP contribution in [0.5, 0.6) is 0 Å². The largest absolute Gasteiger partial charge is 0.302 e. The fraction of sp³-hybridized carbons (Fsp3) is 0.231. The van der Waals surface area contributed by atoms with E-state index in [4.69, 9.17) is 11.6 Å². The Balaban J connectivity index is 1.98. The molecule has 0 saturated heterocycles. The van der Waals surface area contributed by atoms with Crippen LogP contribution in [0, 0.1) is 13.8 Å². The summed E-state index contributed by atoms with van der Waals surface area (Å²) in [5, 5.41) is 4.13. The topological polar surface area (TPSA) is 42.0 Å². The molecule has 2 aromatic rings. The molecule has 1 aromatic carbocycles. The molecule has 1 aromatic heterocycles. The number of anilines is 1. The SMILES string of the molecule is Cc1nc(NC(=O)Cc2ccc(Cl)cc2)sc1C. The second kappa shape index (κ2) is 5.50. The average Bonchev–Trinajstić information content (AvgIpc) is 2.61. The lowest BCUT2D eigenvalue weighted by molar-refractivity contribution is -0.115. The quantitative estimate of drug-likeness (QED) is 0.933. The highest BCUT2D eigenvalue weighted by Gasteiger charge is 2.08. The molecule has 94 valence electrons. The van der Waals surface area contributed by atoms with Crippen LogP contribution in [0.1, 0.15) is 16.1 Å². The predicted molar refractivity (Wildman–Crippen MR) is 75.4 cm³/mol. The molecule has 0 unspecified atom stereocenters. The van der Waals surface area contributed by atoms with Crippen molar-refractivity contribution in [3.05, 3.63) is 45.4 Å². The summed E-state index contributed by atoms with van der Waals surface area (Å²) in [6.45, 7) is 3.92. The van der Waals surface area contributed by atoms with Gasteiger partial charge in [-0.3, -0.25) is 4.79 Å². The van der Waals surface area contributed by atoms with Gasteiger partial charge in [-0.25, -0.2) is 4.98 Å². The minimum absolute atomic E-state index is 0.0638. The van der Waals surface area contributed by atoms with Gasteiger partial charge in [-0.05, 0) is 31.5 Å². The maximum atomic E-state index is 11.8. The Labute approximate surface area is 115 Å². The Morgan fingerprint density at radius 1 is 1.33 bits per heavy atom. The molecule has 0 saturated carbocycles. The molecule has 5 heteroatoms. The highest BCUT2D eigenvalue weighted by molar-refractivity contribution is 7.15. The van der Waals surface area contributed by atoms with Gasteiger partial charge < -0.3 is 5.32 Å². The summed E-state index contributed by atoms with van der Waals surface area (Å²) >= 11 is 7.28. The molecule has 0 spiro atoms. The maximum absolute atomic E-state index is 11.8. The van der Waals surface area contributed by atoms with E-state index >= 15 is 0 Å². The zero-order chi connectivity index (χ0) is 13.1. The molecular weight excluding hydrogens is 268 g/mol. The summed E-state index contributed by atoms with van der Waals surface area (Å²) in [7, 11) is 0. The van der Waals surface area contributed by atoms with E-state index in [1.54, 1.807) is 12.1 Å². The second-order valence-electron chi connectivity index (χ2n) is 4.01. The maximum Gasteiger partial charge on any atom is 0.230 e. The number of carbonyl (C=O) groups is 1. The molecule has 0 aliphatic carbocycles. The minimum atomic E-state index is -0.0638. The number of nitrogens with zero attached hydrogens (tertiary/aromatic N) is 1.